The largest absolute Gasteiger partial charge is 0.339 e. The summed E-state index contributed by atoms with van der Waals surface area (Å²) < 4.78 is 2.20. The summed E-state index contributed by atoms with van der Waals surface area (Å²) in [5, 5.41) is 4.83. The van der Waals surface area contributed by atoms with Crippen molar-refractivity contribution in [2.24, 2.45) is 0 Å². The minimum Gasteiger partial charge on any atom is -0.339 e. The minimum atomic E-state index is 0.829. The van der Waals surface area contributed by atoms with Crippen LogP contribution in [0, 0.1) is 0 Å². The molecule has 0 fully saturated rings. The second kappa shape index (κ2) is 11.8. The normalized spacial score (nSPS) is 11.1. The van der Waals surface area contributed by atoms with E-state index in [-0.39, 0.29) is 0 Å². The van der Waals surface area contributed by atoms with Gasteiger partial charge < -0.3 is 9.88 Å². The number of para-hydroxylation sites is 1. The molecule has 0 aliphatic rings. The highest BCUT2D eigenvalue weighted by Gasteiger charge is 2.14. The summed E-state index contributed by atoms with van der Waals surface area (Å²) in [5.41, 5.74) is 11.5. The second-order valence-electron chi connectivity index (χ2n) is 10.9. The van der Waals surface area contributed by atoms with Crippen LogP contribution in [0.3, 0.4) is 0 Å². The molecule has 208 valence electrons. The average molecular weight is 556 g/mol. The van der Waals surface area contributed by atoms with E-state index in [4.69, 9.17) is 4.98 Å². The van der Waals surface area contributed by atoms with E-state index in [1.165, 1.54) is 38.9 Å². The summed E-state index contributed by atoms with van der Waals surface area (Å²) in [6.45, 7) is 2.23. The first-order valence-corrected chi connectivity index (χ1v) is 15.0. The summed E-state index contributed by atoms with van der Waals surface area (Å²) >= 11 is 0. The van der Waals surface area contributed by atoms with Crippen molar-refractivity contribution in [1.29, 1.82) is 0 Å². The Hall–Kier alpha value is -5.41. The van der Waals surface area contributed by atoms with E-state index in [0.29, 0.717) is 0 Å². The third kappa shape index (κ3) is 5.45. The highest BCUT2D eigenvalue weighted by atomic mass is 15.1. The first kappa shape index (κ1) is 26.5. The lowest BCUT2D eigenvalue weighted by molar-refractivity contribution is 0.923. The monoisotopic (exact) mass is 555 g/mol. The molecule has 3 heteroatoms. The van der Waals surface area contributed by atoms with Gasteiger partial charge in [-0.1, -0.05) is 123 Å². The zero-order valence-electron chi connectivity index (χ0n) is 24.2. The fourth-order valence-corrected chi connectivity index (χ4v) is 5.84. The van der Waals surface area contributed by atoms with Crippen molar-refractivity contribution in [3.8, 4) is 39.1 Å². The van der Waals surface area contributed by atoms with Gasteiger partial charge in [-0.3, -0.25) is 0 Å². The van der Waals surface area contributed by atoms with Crippen LogP contribution in [-0.2, 0) is 6.42 Å². The van der Waals surface area contributed by atoms with Gasteiger partial charge in [0.2, 0.25) is 0 Å². The molecule has 0 aliphatic carbocycles. The lowest BCUT2D eigenvalue weighted by Gasteiger charge is -2.17. The van der Waals surface area contributed by atoms with E-state index in [0.717, 1.165) is 41.1 Å². The van der Waals surface area contributed by atoms with Crippen LogP contribution in [0.15, 0.2) is 152 Å². The number of anilines is 2. The standard InChI is InChI=1S/C40H33N3/c1-2-13-32-20-12-21-37(31-18-10-5-11-19-31)39(32)41-38-23-22-33-24-25-43(40(33)42-38)36-27-34(29-14-6-3-7-15-29)26-35(28-36)30-16-8-4-9-17-30/h3-12,14-28H,2,13H2,1H3,(H,41,42). The molecule has 43 heavy (non-hydrogen) atoms. The van der Waals surface area contributed by atoms with Gasteiger partial charge in [0.25, 0.3) is 0 Å². The summed E-state index contributed by atoms with van der Waals surface area (Å²) in [7, 11) is 0. The molecule has 7 rings (SSSR count). The minimum absolute atomic E-state index is 0.829. The Morgan fingerprint density at radius 1 is 0.581 bits per heavy atom. The SMILES string of the molecule is CCCc1cccc(-c2ccccc2)c1Nc1ccc2ccn(-c3cc(-c4ccccc4)cc(-c4ccccc4)c3)c2n1. The molecule has 0 amide bonds. The molecule has 0 saturated heterocycles. The molecule has 0 radical (unpaired) electrons. The van der Waals surface area contributed by atoms with Gasteiger partial charge >= 0.3 is 0 Å². The number of benzene rings is 5. The number of aryl methyl sites for hydroxylation is 1. The van der Waals surface area contributed by atoms with Crippen LogP contribution in [-0.4, -0.2) is 9.55 Å². The lowest BCUT2D eigenvalue weighted by atomic mass is 9.97. The average Bonchev–Trinajstić information content (AvgIpc) is 3.50. The van der Waals surface area contributed by atoms with Gasteiger partial charge in [0.15, 0.2) is 0 Å². The van der Waals surface area contributed by atoms with Gasteiger partial charge in [0.05, 0.1) is 5.69 Å². The van der Waals surface area contributed by atoms with Crippen molar-refractivity contribution in [3.63, 3.8) is 0 Å². The Morgan fingerprint density at radius 2 is 1.21 bits per heavy atom. The molecule has 2 heterocycles. The fourth-order valence-electron chi connectivity index (χ4n) is 5.84. The van der Waals surface area contributed by atoms with E-state index in [2.05, 4.69) is 169 Å². The number of nitrogens with zero attached hydrogens (tertiary/aromatic N) is 2. The number of nitrogens with one attached hydrogen (secondary N) is 1. The zero-order chi connectivity index (χ0) is 29.0. The van der Waals surface area contributed by atoms with Crippen molar-refractivity contribution >= 4 is 22.5 Å². The van der Waals surface area contributed by atoms with Crippen LogP contribution in [0.1, 0.15) is 18.9 Å². The molecule has 0 spiro atoms. The zero-order valence-corrected chi connectivity index (χ0v) is 24.2. The van der Waals surface area contributed by atoms with Crippen molar-refractivity contribution in [3.05, 3.63) is 157 Å². The van der Waals surface area contributed by atoms with Crippen molar-refractivity contribution < 1.29 is 0 Å². The van der Waals surface area contributed by atoms with Crippen LogP contribution < -0.4 is 5.32 Å². The van der Waals surface area contributed by atoms with Gasteiger partial charge in [0.1, 0.15) is 11.5 Å². The summed E-state index contributed by atoms with van der Waals surface area (Å²) in [5.74, 6) is 0.829. The van der Waals surface area contributed by atoms with E-state index < -0.39 is 0 Å². The molecule has 0 bridgehead atoms. The molecule has 0 saturated carbocycles. The number of aromatic nitrogens is 2. The Morgan fingerprint density at radius 3 is 1.84 bits per heavy atom. The van der Waals surface area contributed by atoms with Gasteiger partial charge in [-0.25, -0.2) is 4.98 Å². The predicted octanol–water partition coefficient (Wildman–Crippen LogP) is 10.7. The van der Waals surface area contributed by atoms with Gasteiger partial charge in [-0.15, -0.1) is 0 Å². The smallest absolute Gasteiger partial charge is 0.146 e. The number of rotatable bonds is 8. The van der Waals surface area contributed by atoms with Gasteiger partial charge in [0, 0.05) is 22.8 Å². The summed E-state index contributed by atoms with van der Waals surface area (Å²) in [6, 6.07) is 51.5. The second-order valence-corrected chi connectivity index (χ2v) is 10.9. The van der Waals surface area contributed by atoms with E-state index in [1.54, 1.807) is 0 Å². The Bertz CT molecular complexity index is 1930. The molecule has 0 unspecified atom stereocenters. The molecule has 0 aliphatic heterocycles. The molecule has 2 aromatic heterocycles. The predicted molar refractivity (Wildman–Crippen MR) is 181 cm³/mol. The van der Waals surface area contributed by atoms with Crippen LogP contribution in [0.5, 0.6) is 0 Å². The highest BCUT2D eigenvalue weighted by molar-refractivity contribution is 5.86. The number of hydrogen-bond donors (Lipinski definition) is 1. The van der Waals surface area contributed by atoms with Crippen LogP contribution >= 0.6 is 0 Å². The fraction of sp³-hybridized carbons (Fsp3) is 0.0750. The number of pyridine rings is 1. The Labute approximate surface area is 253 Å². The molecule has 1 N–H and O–H groups in total. The molecule has 7 aromatic rings. The Kier molecular flexibility index (Phi) is 7.29. The summed E-state index contributed by atoms with van der Waals surface area (Å²) in [6.07, 6.45) is 4.20. The first-order valence-electron chi connectivity index (χ1n) is 15.0. The van der Waals surface area contributed by atoms with Crippen LogP contribution in [0.2, 0.25) is 0 Å². The maximum Gasteiger partial charge on any atom is 0.146 e. The molecule has 5 aromatic carbocycles. The maximum absolute atomic E-state index is 5.20. The highest BCUT2D eigenvalue weighted by Crippen LogP contribution is 2.35. The molecule has 3 nitrogen and oxygen atoms in total. The maximum atomic E-state index is 5.20. The van der Waals surface area contributed by atoms with Gasteiger partial charge in [-0.05, 0) is 76.2 Å². The first-order chi connectivity index (χ1) is 21.3. The quantitative estimate of drug-likeness (QED) is 0.202. The van der Waals surface area contributed by atoms with E-state index in [9.17, 15) is 0 Å². The van der Waals surface area contributed by atoms with E-state index >= 15 is 0 Å². The molecular weight excluding hydrogens is 522 g/mol. The number of fused-ring (bicyclic) bond motifs is 1. The number of hydrogen-bond acceptors (Lipinski definition) is 2. The van der Waals surface area contributed by atoms with Crippen molar-refractivity contribution in [1.82, 2.24) is 9.55 Å². The van der Waals surface area contributed by atoms with E-state index in [1.807, 2.05) is 0 Å². The molecular formula is C40H33N3. The van der Waals surface area contributed by atoms with Crippen molar-refractivity contribution in [2.45, 2.75) is 19.8 Å². The topological polar surface area (TPSA) is 29.9 Å². The summed E-state index contributed by atoms with van der Waals surface area (Å²) in [4.78, 5) is 5.20. The van der Waals surface area contributed by atoms with Gasteiger partial charge in [-0.2, -0.15) is 0 Å². The lowest BCUT2D eigenvalue weighted by Crippen LogP contribution is -2.02. The van der Waals surface area contributed by atoms with Crippen LogP contribution in [0.4, 0.5) is 11.5 Å². The van der Waals surface area contributed by atoms with Crippen LogP contribution in [0.25, 0.3) is 50.1 Å². The van der Waals surface area contributed by atoms with Crippen molar-refractivity contribution in [2.75, 3.05) is 5.32 Å². The third-order valence-corrected chi connectivity index (χ3v) is 7.95. The Balaban J connectivity index is 1.34. The third-order valence-electron chi connectivity index (χ3n) is 7.95. The molecule has 0 atom stereocenters.